The van der Waals surface area contributed by atoms with Gasteiger partial charge in [-0.3, -0.25) is 0 Å². The molecule has 1 aromatic rings. The third-order valence-electron chi connectivity index (χ3n) is 5.70. The van der Waals surface area contributed by atoms with E-state index in [0.717, 1.165) is 38.8 Å². The molecule has 0 spiro atoms. The predicted molar refractivity (Wildman–Crippen MR) is 114 cm³/mol. The number of likely N-dealkylation sites (tertiary alicyclic amines) is 1. The second-order valence-corrected chi connectivity index (χ2v) is 10.3. The van der Waals surface area contributed by atoms with Crippen LogP contribution in [0.3, 0.4) is 0 Å². The van der Waals surface area contributed by atoms with Crippen molar-refractivity contribution in [3.63, 3.8) is 0 Å². The van der Waals surface area contributed by atoms with Crippen molar-refractivity contribution >= 4 is 21.8 Å². The average molecular weight is 424 g/mol. The van der Waals surface area contributed by atoms with Gasteiger partial charge in [-0.2, -0.15) is 0 Å². The van der Waals surface area contributed by atoms with Crippen LogP contribution in [0.4, 0.5) is 10.5 Å². The smallest absolute Gasteiger partial charge is 0.410 e. The lowest BCUT2D eigenvalue weighted by Crippen LogP contribution is -2.57. The molecule has 0 saturated carbocycles. The van der Waals surface area contributed by atoms with Gasteiger partial charge in [0, 0.05) is 31.4 Å². The van der Waals surface area contributed by atoms with E-state index in [4.69, 9.17) is 4.74 Å². The van der Waals surface area contributed by atoms with Gasteiger partial charge in [0.15, 0.2) is 0 Å². The predicted octanol–water partition coefficient (Wildman–Crippen LogP) is 2.83. The molecule has 3 rings (SSSR count). The van der Waals surface area contributed by atoms with Crippen LogP contribution in [0, 0.1) is 5.92 Å². The van der Waals surface area contributed by atoms with E-state index in [1.165, 1.54) is 11.9 Å². The molecule has 1 N–H and O–H groups in total. The summed E-state index contributed by atoms with van der Waals surface area (Å²) in [5, 5.41) is 0. The summed E-state index contributed by atoms with van der Waals surface area (Å²) in [6.45, 7) is 6.16. The number of piperidine rings is 1. The molecule has 29 heavy (non-hydrogen) atoms. The van der Waals surface area contributed by atoms with Crippen molar-refractivity contribution in [2.24, 2.45) is 5.92 Å². The van der Waals surface area contributed by atoms with Crippen molar-refractivity contribution in [2.75, 3.05) is 30.8 Å². The van der Waals surface area contributed by atoms with Crippen LogP contribution in [-0.4, -0.2) is 63.5 Å². The van der Waals surface area contributed by atoms with E-state index in [1.807, 2.05) is 32.0 Å². The minimum absolute atomic E-state index is 0.189. The molecule has 3 atom stereocenters. The third kappa shape index (κ3) is 6.09. The van der Waals surface area contributed by atoms with E-state index in [-0.39, 0.29) is 24.3 Å². The van der Waals surface area contributed by atoms with Crippen LogP contribution >= 0.6 is 0 Å². The Morgan fingerprint density at radius 1 is 1.21 bits per heavy atom. The fourth-order valence-electron chi connectivity index (χ4n) is 4.50. The molecule has 7 nitrogen and oxygen atoms in total. The second kappa shape index (κ2) is 9.34. The highest BCUT2D eigenvalue weighted by atomic mass is 32.2. The number of anilines is 1. The van der Waals surface area contributed by atoms with Gasteiger partial charge in [0.2, 0.25) is 10.0 Å². The summed E-state index contributed by atoms with van der Waals surface area (Å²) in [7, 11) is -3.36. The minimum Gasteiger partial charge on any atom is -0.447 e. The molecule has 0 aliphatic carbocycles. The molecule has 2 fully saturated rings. The zero-order valence-electron chi connectivity index (χ0n) is 17.6. The molecular formula is C21H33N3O4S. The van der Waals surface area contributed by atoms with E-state index in [0.29, 0.717) is 12.5 Å². The fourth-order valence-corrected chi connectivity index (χ4v) is 5.32. The highest BCUT2D eigenvalue weighted by Gasteiger charge is 2.39. The Balaban J connectivity index is 1.73. The maximum absolute atomic E-state index is 12.7. The normalized spacial score (nSPS) is 25.4. The fraction of sp³-hybridized carbons (Fsp3) is 0.667. The maximum atomic E-state index is 12.7. The van der Waals surface area contributed by atoms with Crippen molar-refractivity contribution < 1.29 is 17.9 Å². The maximum Gasteiger partial charge on any atom is 0.410 e. The van der Waals surface area contributed by atoms with Crippen LogP contribution in [0.5, 0.6) is 0 Å². The number of para-hydroxylation sites is 1. The molecule has 0 radical (unpaired) electrons. The monoisotopic (exact) mass is 423 g/mol. The molecule has 2 aliphatic rings. The number of ether oxygens (including phenoxy) is 1. The van der Waals surface area contributed by atoms with E-state index in [9.17, 15) is 13.2 Å². The molecule has 1 aromatic carbocycles. The van der Waals surface area contributed by atoms with Gasteiger partial charge in [0.05, 0.1) is 18.4 Å². The number of amides is 1. The Hall–Kier alpha value is -1.80. The number of carbonyl (C=O) groups is 1. The standard InChI is InChI=1S/C21H33N3O4S/c1-16(2)28-21(25)24-12-7-10-19(22-29(3,26)27)20(24)14-17-11-13-23(15-17)18-8-5-4-6-9-18/h4-6,8-9,16-17,19-20,22H,7,10-15H2,1-3H3. The largest absolute Gasteiger partial charge is 0.447 e. The number of rotatable bonds is 6. The van der Waals surface area contributed by atoms with E-state index < -0.39 is 10.0 Å². The van der Waals surface area contributed by atoms with Gasteiger partial charge < -0.3 is 14.5 Å². The Bertz CT molecular complexity index is 784. The van der Waals surface area contributed by atoms with Gasteiger partial charge in [-0.25, -0.2) is 17.9 Å². The summed E-state index contributed by atoms with van der Waals surface area (Å²) < 4.78 is 32.1. The first-order valence-corrected chi connectivity index (χ1v) is 12.4. The summed E-state index contributed by atoms with van der Waals surface area (Å²) in [5.74, 6) is 0.400. The molecule has 1 amide bonds. The number of sulfonamides is 1. The van der Waals surface area contributed by atoms with Gasteiger partial charge in [-0.15, -0.1) is 0 Å². The average Bonchev–Trinajstić information content (AvgIpc) is 3.10. The van der Waals surface area contributed by atoms with Crippen molar-refractivity contribution in [2.45, 2.75) is 57.7 Å². The SMILES string of the molecule is CC(C)OC(=O)N1CCCC(NS(C)(=O)=O)C1CC1CCN(c2ccccc2)C1. The number of hydrogen-bond acceptors (Lipinski definition) is 5. The third-order valence-corrected chi connectivity index (χ3v) is 6.43. The Labute approximate surface area is 174 Å². The van der Waals surface area contributed by atoms with Gasteiger partial charge >= 0.3 is 6.09 Å². The van der Waals surface area contributed by atoms with Gasteiger partial charge in [-0.05, 0) is 57.6 Å². The first kappa shape index (κ1) is 21.9. The number of nitrogens with one attached hydrogen (secondary N) is 1. The second-order valence-electron chi connectivity index (χ2n) is 8.50. The summed E-state index contributed by atoms with van der Waals surface area (Å²) in [6.07, 6.45) is 3.93. The van der Waals surface area contributed by atoms with Crippen molar-refractivity contribution in [3.05, 3.63) is 30.3 Å². The molecule has 162 valence electrons. The molecule has 2 saturated heterocycles. The quantitative estimate of drug-likeness (QED) is 0.761. The van der Waals surface area contributed by atoms with Gasteiger partial charge in [0.25, 0.3) is 0 Å². The Morgan fingerprint density at radius 3 is 2.59 bits per heavy atom. The lowest BCUT2D eigenvalue weighted by Gasteiger charge is -2.42. The molecule has 3 unspecified atom stereocenters. The molecule has 8 heteroatoms. The van der Waals surface area contributed by atoms with Gasteiger partial charge in [0.1, 0.15) is 0 Å². The van der Waals surface area contributed by atoms with Crippen molar-refractivity contribution in [3.8, 4) is 0 Å². The summed E-state index contributed by atoms with van der Waals surface area (Å²) in [6, 6.07) is 9.86. The summed E-state index contributed by atoms with van der Waals surface area (Å²) >= 11 is 0. The lowest BCUT2D eigenvalue weighted by molar-refractivity contribution is 0.0406. The zero-order valence-corrected chi connectivity index (χ0v) is 18.4. The Kier molecular flexibility index (Phi) is 7.05. The molecule has 2 heterocycles. The number of nitrogens with zero attached hydrogens (tertiary/aromatic N) is 2. The minimum atomic E-state index is -3.36. The van der Waals surface area contributed by atoms with E-state index >= 15 is 0 Å². The summed E-state index contributed by atoms with van der Waals surface area (Å²) in [5.41, 5.74) is 1.21. The van der Waals surface area contributed by atoms with E-state index in [2.05, 4.69) is 21.8 Å². The first-order chi connectivity index (χ1) is 13.7. The highest BCUT2D eigenvalue weighted by Crippen LogP contribution is 2.31. The molecule has 0 aromatic heterocycles. The van der Waals surface area contributed by atoms with Crippen molar-refractivity contribution in [1.29, 1.82) is 0 Å². The molecular weight excluding hydrogens is 390 g/mol. The highest BCUT2D eigenvalue weighted by molar-refractivity contribution is 7.88. The van der Waals surface area contributed by atoms with Crippen LogP contribution in [-0.2, 0) is 14.8 Å². The van der Waals surface area contributed by atoms with Gasteiger partial charge in [-0.1, -0.05) is 18.2 Å². The summed E-state index contributed by atoms with van der Waals surface area (Å²) in [4.78, 5) is 16.8. The van der Waals surface area contributed by atoms with Crippen LogP contribution in [0.15, 0.2) is 30.3 Å². The van der Waals surface area contributed by atoms with Crippen LogP contribution in [0.1, 0.15) is 39.5 Å². The molecule has 2 aliphatic heterocycles. The van der Waals surface area contributed by atoms with Crippen LogP contribution in [0.2, 0.25) is 0 Å². The topological polar surface area (TPSA) is 79.0 Å². The van der Waals surface area contributed by atoms with Crippen LogP contribution in [0.25, 0.3) is 0 Å². The molecule has 0 bridgehead atoms. The van der Waals surface area contributed by atoms with Crippen molar-refractivity contribution in [1.82, 2.24) is 9.62 Å². The number of benzene rings is 1. The number of hydrogen-bond donors (Lipinski definition) is 1. The lowest BCUT2D eigenvalue weighted by atomic mass is 9.88. The first-order valence-electron chi connectivity index (χ1n) is 10.5. The zero-order chi connectivity index (χ0) is 21.0. The van der Waals surface area contributed by atoms with Crippen LogP contribution < -0.4 is 9.62 Å². The number of carbonyl (C=O) groups excluding carboxylic acids is 1. The van der Waals surface area contributed by atoms with E-state index in [1.54, 1.807) is 4.90 Å². The Morgan fingerprint density at radius 2 is 1.93 bits per heavy atom.